The van der Waals surface area contributed by atoms with Crippen molar-refractivity contribution in [3.8, 4) is 0 Å². The van der Waals surface area contributed by atoms with Crippen LogP contribution in [0.1, 0.15) is 71.6 Å². The molecule has 2 aliphatic rings. The molecule has 4 rings (SSSR count). The lowest BCUT2D eigenvalue weighted by Gasteiger charge is -2.37. The maximum atomic E-state index is 13.5. The Bertz CT molecular complexity index is 1070. The number of anilines is 2. The number of ketones is 1. The molecule has 2 aromatic rings. The van der Waals surface area contributed by atoms with Gasteiger partial charge in [0.05, 0.1) is 17.4 Å². The Balaban J connectivity index is 1.96. The number of allylic oxidation sites excluding steroid dienone is 1. The van der Waals surface area contributed by atoms with Gasteiger partial charge in [-0.3, -0.25) is 14.5 Å². The number of para-hydroxylation sites is 2. The van der Waals surface area contributed by atoms with E-state index in [2.05, 4.69) is 64.2 Å². The maximum absolute atomic E-state index is 13.5. The van der Waals surface area contributed by atoms with Crippen molar-refractivity contribution in [3.63, 3.8) is 0 Å². The molecule has 0 radical (unpaired) electrons. The molecule has 0 bridgehead atoms. The minimum absolute atomic E-state index is 0.0332. The van der Waals surface area contributed by atoms with E-state index in [4.69, 9.17) is 0 Å². The predicted octanol–water partition coefficient (Wildman–Crippen LogP) is 6.15. The van der Waals surface area contributed by atoms with Crippen LogP contribution in [0.3, 0.4) is 0 Å². The molecule has 162 valence electrons. The third kappa shape index (κ3) is 3.91. The molecule has 4 nitrogen and oxygen atoms in total. The first kappa shape index (κ1) is 21.4. The number of nitrogens with one attached hydrogen (secondary N) is 1. The molecule has 1 atom stereocenters. The Kier molecular flexibility index (Phi) is 5.07. The SMILES string of the molecule is CC(=O)N1c2ccccc2NC2=C(C(=O)CC(C)(C)C2)[C@H]1c1ccc(C(C)(C)C)cc1. The van der Waals surface area contributed by atoms with Crippen molar-refractivity contribution in [2.24, 2.45) is 5.41 Å². The van der Waals surface area contributed by atoms with Crippen molar-refractivity contribution < 1.29 is 9.59 Å². The smallest absolute Gasteiger partial charge is 0.224 e. The number of amides is 1. The minimum atomic E-state index is -0.443. The number of rotatable bonds is 1. The zero-order valence-corrected chi connectivity index (χ0v) is 19.4. The number of nitrogens with zero attached hydrogens (tertiary/aromatic N) is 1. The van der Waals surface area contributed by atoms with Crippen LogP contribution in [0.5, 0.6) is 0 Å². The minimum Gasteiger partial charge on any atom is -0.357 e. The van der Waals surface area contributed by atoms with Crippen molar-refractivity contribution in [2.45, 2.75) is 65.8 Å². The largest absolute Gasteiger partial charge is 0.357 e. The number of hydrogen-bond donors (Lipinski definition) is 1. The molecule has 0 spiro atoms. The van der Waals surface area contributed by atoms with Crippen LogP contribution in [0.4, 0.5) is 11.4 Å². The molecular weight excluding hydrogens is 384 g/mol. The fourth-order valence-electron chi connectivity index (χ4n) is 4.82. The highest BCUT2D eigenvalue weighted by Crippen LogP contribution is 2.48. The van der Waals surface area contributed by atoms with Gasteiger partial charge < -0.3 is 5.32 Å². The fraction of sp³-hybridized carbons (Fsp3) is 0.407. The van der Waals surface area contributed by atoms with E-state index < -0.39 is 6.04 Å². The van der Waals surface area contributed by atoms with Gasteiger partial charge in [0.1, 0.15) is 0 Å². The van der Waals surface area contributed by atoms with Crippen LogP contribution in [0.2, 0.25) is 0 Å². The molecule has 0 saturated heterocycles. The van der Waals surface area contributed by atoms with Gasteiger partial charge in [-0.25, -0.2) is 0 Å². The van der Waals surface area contributed by atoms with Gasteiger partial charge in [-0.05, 0) is 40.5 Å². The third-order valence-electron chi connectivity index (χ3n) is 6.33. The zero-order chi connectivity index (χ0) is 22.6. The summed E-state index contributed by atoms with van der Waals surface area (Å²) in [5.74, 6) is 0.0354. The number of fused-ring (bicyclic) bond motifs is 1. The van der Waals surface area contributed by atoms with Crippen molar-refractivity contribution in [1.29, 1.82) is 0 Å². The number of Topliss-reactive ketones (excluding diaryl/α,β-unsaturated/α-hetero) is 1. The number of carbonyl (C=O) groups excluding carboxylic acids is 2. The summed E-state index contributed by atoms with van der Waals surface area (Å²) in [4.78, 5) is 28.3. The lowest BCUT2D eigenvalue weighted by atomic mass is 9.73. The Labute approximate surface area is 185 Å². The second kappa shape index (κ2) is 7.37. The van der Waals surface area contributed by atoms with Crippen LogP contribution in [-0.4, -0.2) is 11.7 Å². The van der Waals surface area contributed by atoms with Crippen molar-refractivity contribution >= 4 is 23.1 Å². The summed E-state index contributed by atoms with van der Waals surface area (Å²) in [6, 6.07) is 15.8. The quantitative estimate of drug-likeness (QED) is 0.607. The molecule has 31 heavy (non-hydrogen) atoms. The average Bonchev–Trinajstić information content (AvgIpc) is 2.80. The Morgan fingerprint density at radius 2 is 1.68 bits per heavy atom. The number of benzene rings is 2. The van der Waals surface area contributed by atoms with Gasteiger partial charge in [0.25, 0.3) is 0 Å². The summed E-state index contributed by atoms with van der Waals surface area (Å²) in [7, 11) is 0. The highest BCUT2D eigenvalue weighted by Gasteiger charge is 2.42. The molecule has 4 heteroatoms. The van der Waals surface area contributed by atoms with E-state index in [0.717, 1.165) is 29.1 Å². The molecule has 1 aliphatic carbocycles. The predicted molar refractivity (Wildman–Crippen MR) is 126 cm³/mol. The van der Waals surface area contributed by atoms with Crippen molar-refractivity contribution in [3.05, 3.63) is 70.9 Å². The van der Waals surface area contributed by atoms with Crippen molar-refractivity contribution in [2.75, 3.05) is 10.2 Å². The third-order valence-corrected chi connectivity index (χ3v) is 6.33. The molecule has 0 aromatic heterocycles. The summed E-state index contributed by atoms with van der Waals surface area (Å²) in [6.45, 7) is 12.4. The van der Waals surface area contributed by atoms with Gasteiger partial charge >= 0.3 is 0 Å². The van der Waals surface area contributed by atoms with E-state index in [1.54, 1.807) is 11.8 Å². The van der Waals surface area contributed by atoms with E-state index in [1.165, 1.54) is 5.56 Å². The van der Waals surface area contributed by atoms with Gasteiger partial charge in [0.2, 0.25) is 5.91 Å². The van der Waals surface area contributed by atoms with Gasteiger partial charge in [-0.15, -0.1) is 0 Å². The summed E-state index contributed by atoms with van der Waals surface area (Å²) >= 11 is 0. The first-order valence-electron chi connectivity index (χ1n) is 11.0. The monoisotopic (exact) mass is 416 g/mol. The van der Waals surface area contributed by atoms with Crippen molar-refractivity contribution in [1.82, 2.24) is 0 Å². The molecule has 0 saturated carbocycles. The van der Waals surface area contributed by atoms with Crippen LogP contribution in [0.25, 0.3) is 0 Å². The molecule has 0 fully saturated rings. The lowest BCUT2D eigenvalue weighted by Crippen LogP contribution is -2.38. The Hall–Kier alpha value is -2.88. The molecule has 2 aromatic carbocycles. The highest BCUT2D eigenvalue weighted by atomic mass is 16.2. The molecule has 0 unspecified atom stereocenters. The van der Waals surface area contributed by atoms with Crippen LogP contribution in [0.15, 0.2) is 59.8 Å². The lowest BCUT2D eigenvalue weighted by molar-refractivity contribution is -0.118. The van der Waals surface area contributed by atoms with Gasteiger partial charge in [0.15, 0.2) is 5.78 Å². The second-order valence-electron chi connectivity index (χ2n) is 10.6. The van der Waals surface area contributed by atoms with Gasteiger partial charge in [-0.2, -0.15) is 0 Å². The van der Waals surface area contributed by atoms with Crippen LogP contribution >= 0.6 is 0 Å². The summed E-state index contributed by atoms with van der Waals surface area (Å²) in [5, 5.41) is 3.53. The topological polar surface area (TPSA) is 49.4 Å². The van der Waals surface area contributed by atoms with E-state index in [-0.39, 0.29) is 22.5 Å². The summed E-state index contributed by atoms with van der Waals surface area (Å²) in [5.41, 5.74) is 5.42. The maximum Gasteiger partial charge on any atom is 0.224 e. The second-order valence-corrected chi connectivity index (χ2v) is 10.6. The van der Waals surface area contributed by atoms with E-state index in [1.807, 2.05) is 24.3 Å². The van der Waals surface area contributed by atoms with E-state index in [0.29, 0.717) is 12.0 Å². The molecule has 1 N–H and O–H groups in total. The summed E-state index contributed by atoms with van der Waals surface area (Å²) in [6.07, 6.45) is 1.25. The highest BCUT2D eigenvalue weighted by molar-refractivity contribution is 6.05. The molecule has 1 amide bonds. The first-order valence-corrected chi connectivity index (χ1v) is 11.0. The van der Waals surface area contributed by atoms with E-state index >= 15 is 0 Å². The number of hydrogen-bond acceptors (Lipinski definition) is 3. The normalized spacial score (nSPS) is 20.5. The summed E-state index contributed by atoms with van der Waals surface area (Å²) < 4.78 is 0. The number of carbonyl (C=O) groups is 2. The molecule has 1 heterocycles. The zero-order valence-electron chi connectivity index (χ0n) is 19.4. The van der Waals surface area contributed by atoms with Crippen LogP contribution in [0, 0.1) is 5.41 Å². The van der Waals surface area contributed by atoms with Crippen LogP contribution in [-0.2, 0) is 15.0 Å². The van der Waals surface area contributed by atoms with Crippen LogP contribution < -0.4 is 10.2 Å². The first-order chi connectivity index (χ1) is 14.5. The van der Waals surface area contributed by atoms with Gasteiger partial charge in [-0.1, -0.05) is 71.0 Å². The fourth-order valence-corrected chi connectivity index (χ4v) is 4.82. The standard InChI is InChI=1S/C27H32N2O2/c1-17(30)29-22-10-8-7-9-20(22)28-21-15-27(5,6)16-23(31)24(21)25(29)18-11-13-19(14-12-18)26(2,3)4/h7-14,25,28H,15-16H2,1-6H3/t25-/m1/s1. The van der Waals surface area contributed by atoms with E-state index in [9.17, 15) is 9.59 Å². The Morgan fingerprint density at radius 1 is 1.03 bits per heavy atom. The molecular formula is C27H32N2O2. The molecule has 1 aliphatic heterocycles. The van der Waals surface area contributed by atoms with Gasteiger partial charge in [0, 0.05) is 24.6 Å². The Morgan fingerprint density at radius 3 is 2.29 bits per heavy atom. The average molecular weight is 417 g/mol.